The quantitative estimate of drug-likeness (QED) is 0.210. The van der Waals surface area contributed by atoms with Gasteiger partial charge in [0.15, 0.2) is 21.8 Å². The van der Waals surface area contributed by atoms with Gasteiger partial charge in [-0.15, -0.1) is 0 Å². The van der Waals surface area contributed by atoms with E-state index in [2.05, 4.69) is 10.6 Å². The molecule has 0 aromatic heterocycles. The number of hydrogen-bond acceptors (Lipinski definition) is 10. The highest BCUT2D eigenvalue weighted by Crippen LogP contribution is 2.13. The van der Waals surface area contributed by atoms with Crippen LogP contribution in [0.4, 0.5) is 5.69 Å². The van der Waals surface area contributed by atoms with Crippen LogP contribution in [0.25, 0.3) is 0 Å². The van der Waals surface area contributed by atoms with Gasteiger partial charge in [-0.05, 0) is 12.0 Å². The summed E-state index contributed by atoms with van der Waals surface area (Å²) in [5, 5.41) is 15.5. The zero-order valence-electron chi connectivity index (χ0n) is 18.7. The fourth-order valence-corrected chi connectivity index (χ4v) is 3.55. The maximum atomic E-state index is 12.3. The zero-order valence-corrected chi connectivity index (χ0v) is 20.3. The molecular formula is C21H25N3O8S2. The summed E-state index contributed by atoms with van der Waals surface area (Å²) in [5.41, 5.74) is 0.533. The van der Waals surface area contributed by atoms with Crippen molar-refractivity contribution < 1.29 is 33.7 Å². The Hall–Kier alpha value is -3.06. The predicted octanol–water partition coefficient (Wildman–Crippen LogP) is 1.22. The van der Waals surface area contributed by atoms with Crippen LogP contribution in [-0.4, -0.2) is 62.6 Å². The van der Waals surface area contributed by atoms with Crippen molar-refractivity contribution in [2.45, 2.75) is 39.2 Å². The Kier molecular flexibility index (Phi) is 12.7. The van der Waals surface area contributed by atoms with Crippen molar-refractivity contribution in [2.24, 2.45) is 0 Å². The number of carbonyl (C=O) groups excluding carboxylic acids is 6. The van der Waals surface area contributed by atoms with E-state index in [1.54, 1.807) is 0 Å². The second-order valence-corrected chi connectivity index (χ2v) is 9.49. The highest BCUT2D eigenvalue weighted by atomic mass is 32.2. The van der Waals surface area contributed by atoms with Gasteiger partial charge in [0.2, 0.25) is 11.8 Å². The molecule has 34 heavy (non-hydrogen) atoms. The van der Waals surface area contributed by atoms with E-state index >= 15 is 0 Å². The van der Waals surface area contributed by atoms with Crippen LogP contribution in [0, 0.1) is 10.1 Å². The SMILES string of the molecule is CC(=O)SCC(=O)CC(=O)NCC(Cc1ccc([N+](=O)[O-])cc1)NC(=O)CC(=O)CSC(C)=O. The number of nitro benzene ring substituents is 1. The summed E-state index contributed by atoms with van der Waals surface area (Å²) in [5.74, 6) is -2.32. The number of nitro groups is 1. The van der Waals surface area contributed by atoms with E-state index in [1.807, 2.05) is 0 Å². The Morgan fingerprint density at radius 1 is 0.882 bits per heavy atom. The van der Waals surface area contributed by atoms with E-state index in [0.717, 1.165) is 23.5 Å². The normalized spacial score (nSPS) is 11.2. The lowest BCUT2D eigenvalue weighted by Crippen LogP contribution is -2.45. The second-order valence-electron chi connectivity index (χ2n) is 7.19. The van der Waals surface area contributed by atoms with Crippen LogP contribution in [-0.2, 0) is 35.2 Å². The third-order valence-electron chi connectivity index (χ3n) is 4.13. The molecule has 0 spiro atoms. The first-order valence-corrected chi connectivity index (χ1v) is 12.0. The molecule has 184 valence electrons. The third kappa shape index (κ3) is 12.8. The first-order chi connectivity index (χ1) is 16.0. The lowest BCUT2D eigenvalue weighted by atomic mass is 10.0. The molecule has 13 heteroatoms. The van der Waals surface area contributed by atoms with Crippen molar-refractivity contribution in [3.63, 3.8) is 0 Å². The number of non-ortho nitro benzene ring substituents is 1. The Morgan fingerprint density at radius 3 is 1.85 bits per heavy atom. The molecule has 0 aliphatic carbocycles. The molecule has 0 radical (unpaired) electrons. The topological polar surface area (TPSA) is 170 Å². The number of hydrogen-bond donors (Lipinski definition) is 2. The van der Waals surface area contributed by atoms with E-state index in [-0.39, 0.29) is 40.4 Å². The van der Waals surface area contributed by atoms with Gasteiger partial charge in [-0.25, -0.2) is 0 Å². The lowest BCUT2D eigenvalue weighted by Gasteiger charge is -2.19. The number of amides is 2. The zero-order chi connectivity index (χ0) is 25.7. The van der Waals surface area contributed by atoms with Gasteiger partial charge in [-0.3, -0.25) is 38.9 Å². The second kappa shape index (κ2) is 15.0. The Morgan fingerprint density at radius 2 is 1.38 bits per heavy atom. The van der Waals surface area contributed by atoms with E-state index in [4.69, 9.17) is 0 Å². The van der Waals surface area contributed by atoms with Crippen LogP contribution < -0.4 is 10.6 Å². The van der Waals surface area contributed by atoms with Crippen LogP contribution in [0.2, 0.25) is 0 Å². The molecular weight excluding hydrogens is 486 g/mol. The standard InChI is InChI=1S/C21H25N3O8S2/c1-13(25)33-11-18(27)8-20(29)22-10-16(7-15-3-5-17(6-4-15)24(31)32)23-21(30)9-19(28)12-34-14(2)26/h3-6,16H,7-12H2,1-2H3,(H,22,29)(H,23,30). The number of nitrogens with zero attached hydrogens (tertiary/aromatic N) is 1. The molecule has 0 aliphatic heterocycles. The Balaban J connectivity index is 2.75. The monoisotopic (exact) mass is 511 g/mol. The molecule has 0 fully saturated rings. The lowest BCUT2D eigenvalue weighted by molar-refractivity contribution is -0.384. The van der Waals surface area contributed by atoms with Crippen molar-refractivity contribution >= 4 is 62.8 Å². The van der Waals surface area contributed by atoms with Gasteiger partial charge in [-0.2, -0.15) is 0 Å². The van der Waals surface area contributed by atoms with Gasteiger partial charge in [-0.1, -0.05) is 35.7 Å². The molecule has 1 rings (SSSR count). The molecule has 0 saturated carbocycles. The number of Topliss-reactive ketones (excluding diaryl/α,β-unsaturated/α-hetero) is 2. The molecule has 1 aromatic rings. The molecule has 1 unspecified atom stereocenters. The molecule has 0 aliphatic rings. The predicted molar refractivity (Wildman–Crippen MR) is 127 cm³/mol. The van der Waals surface area contributed by atoms with Crippen LogP contribution in [0.15, 0.2) is 24.3 Å². The average molecular weight is 512 g/mol. The molecule has 0 heterocycles. The number of benzene rings is 1. The van der Waals surface area contributed by atoms with Gasteiger partial charge in [0, 0.05) is 32.5 Å². The number of thioether (sulfide) groups is 2. The number of nitrogens with one attached hydrogen (secondary N) is 2. The highest BCUT2D eigenvalue weighted by Gasteiger charge is 2.19. The van der Waals surface area contributed by atoms with Crippen molar-refractivity contribution in [3.05, 3.63) is 39.9 Å². The van der Waals surface area contributed by atoms with Gasteiger partial charge in [0.1, 0.15) is 0 Å². The molecule has 1 atom stereocenters. The molecule has 0 saturated heterocycles. The minimum absolute atomic E-state index is 0.0644. The minimum Gasteiger partial charge on any atom is -0.354 e. The largest absolute Gasteiger partial charge is 0.354 e. The first-order valence-electron chi connectivity index (χ1n) is 10.1. The molecule has 1 aromatic carbocycles. The minimum atomic E-state index is -0.673. The summed E-state index contributed by atoms with van der Waals surface area (Å²) >= 11 is 1.60. The maximum Gasteiger partial charge on any atom is 0.269 e. The van der Waals surface area contributed by atoms with Crippen molar-refractivity contribution in [1.82, 2.24) is 10.6 Å². The third-order valence-corrected chi connectivity index (χ3v) is 5.87. The highest BCUT2D eigenvalue weighted by molar-refractivity contribution is 8.14. The fourth-order valence-electron chi connectivity index (χ4n) is 2.62. The average Bonchev–Trinajstić information content (AvgIpc) is 2.75. The van der Waals surface area contributed by atoms with Crippen LogP contribution in [0.3, 0.4) is 0 Å². The maximum absolute atomic E-state index is 12.3. The van der Waals surface area contributed by atoms with Crippen LogP contribution in [0.1, 0.15) is 32.3 Å². The smallest absolute Gasteiger partial charge is 0.269 e. The van der Waals surface area contributed by atoms with Crippen molar-refractivity contribution in [2.75, 3.05) is 18.1 Å². The van der Waals surface area contributed by atoms with Gasteiger partial charge < -0.3 is 10.6 Å². The first kappa shape index (κ1) is 29.0. The summed E-state index contributed by atoms with van der Waals surface area (Å²) in [4.78, 5) is 80.2. The van der Waals surface area contributed by atoms with E-state index < -0.39 is 47.2 Å². The van der Waals surface area contributed by atoms with E-state index in [1.165, 1.54) is 38.1 Å². The molecule has 2 N–H and O–H groups in total. The summed E-state index contributed by atoms with van der Waals surface area (Å²) in [6.07, 6.45) is -0.695. The van der Waals surface area contributed by atoms with E-state index in [0.29, 0.717) is 5.56 Å². The van der Waals surface area contributed by atoms with Gasteiger partial charge >= 0.3 is 0 Å². The summed E-state index contributed by atoms with van der Waals surface area (Å²) < 4.78 is 0. The van der Waals surface area contributed by atoms with Gasteiger partial charge in [0.05, 0.1) is 35.3 Å². The van der Waals surface area contributed by atoms with Crippen LogP contribution >= 0.6 is 23.5 Å². The van der Waals surface area contributed by atoms with Crippen molar-refractivity contribution in [3.8, 4) is 0 Å². The molecule has 11 nitrogen and oxygen atoms in total. The summed E-state index contributed by atoms with van der Waals surface area (Å²) in [6, 6.07) is 4.96. The summed E-state index contributed by atoms with van der Waals surface area (Å²) in [6.45, 7) is 2.56. The summed E-state index contributed by atoms with van der Waals surface area (Å²) in [7, 11) is 0. The number of carbonyl (C=O) groups is 6. The fraction of sp³-hybridized carbons (Fsp3) is 0.429. The Labute approximate surface area is 204 Å². The Bertz CT molecular complexity index is 950. The van der Waals surface area contributed by atoms with Crippen LogP contribution in [0.5, 0.6) is 0 Å². The number of ketones is 2. The number of rotatable bonds is 14. The van der Waals surface area contributed by atoms with Crippen molar-refractivity contribution in [1.29, 1.82) is 0 Å². The van der Waals surface area contributed by atoms with E-state index in [9.17, 15) is 38.9 Å². The molecule has 0 bridgehead atoms. The van der Waals surface area contributed by atoms with Gasteiger partial charge in [0.25, 0.3) is 5.69 Å². The molecule has 2 amide bonds.